The Bertz CT molecular complexity index is 494. The Kier molecular flexibility index (Phi) is 3.27. The summed E-state index contributed by atoms with van der Waals surface area (Å²) in [6, 6.07) is 5.86. The molecule has 0 saturated carbocycles. The Morgan fingerprint density at radius 3 is 2.94 bits per heavy atom. The zero-order chi connectivity index (χ0) is 11.5. The predicted octanol–water partition coefficient (Wildman–Crippen LogP) is 3.02. The Labute approximate surface area is 99.5 Å². The third-order valence-electron chi connectivity index (χ3n) is 2.27. The summed E-state index contributed by atoms with van der Waals surface area (Å²) in [4.78, 5) is 4.16. The molecule has 0 amide bonds. The molecule has 0 aliphatic carbocycles. The fraction of sp³-hybridized carbons (Fsp3) is 0.250. The number of aryl methyl sites for hydroxylation is 1. The van der Waals surface area contributed by atoms with Crippen LogP contribution in [0.4, 0.5) is 0 Å². The summed E-state index contributed by atoms with van der Waals surface area (Å²) < 4.78 is 5.57. The predicted molar refractivity (Wildman–Crippen MR) is 64.4 cm³/mol. The van der Waals surface area contributed by atoms with Gasteiger partial charge < -0.3 is 9.73 Å². The van der Waals surface area contributed by atoms with Crippen molar-refractivity contribution in [2.75, 3.05) is 7.05 Å². The molecule has 0 spiro atoms. The van der Waals surface area contributed by atoms with E-state index in [0.717, 1.165) is 11.1 Å². The van der Waals surface area contributed by atoms with Crippen LogP contribution in [0.25, 0.3) is 11.3 Å². The van der Waals surface area contributed by atoms with E-state index in [-0.39, 0.29) is 0 Å². The van der Waals surface area contributed by atoms with Gasteiger partial charge in [-0.2, -0.15) is 0 Å². The van der Waals surface area contributed by atoms with Crippen LogP contribution in [0, 0.1) is 6.92 Å². The van der Waals surface area contributed by atoms with Crippen molar-refractivity contribution in [2.24, 2.45) is 0 Å². The van der Waals surface area contributed by atoms with Gasteiger partial charge >= 0.3 is 0 Å². The van der Waals surface area contributed by atoms with Crippen molar-refractivity contribution in [3.63, 3.8) is 0 Å². The second kappa shape index (κ2) is 4.68. The molecule has 2 aromatic rings. The first kappa shape index (κ1) is 11.2. The van der Waals surface area contributed by atoms with E-state index in [1.54, 1.807) is 6.20 Å². The monoisotopic (exact) mass is 236 g/mol. The van der Waals surface area contributed by atoms with Crippen molar-refractivity contribution in [2.45, 2.75) is 13.5 Å². The first-order valence-electron chi connectivity index (χ1n) is 5.06. The number of halogens is 1. The summed E-state index contributed by atoms with van der Waals surface area (Å²) in [5.41, 5.74) is 2.01. The molecule has 1 aromatic heterocycles. The number of nitrogens with zero attached hydrogens (tertiary/aromatic N) is 1. The highest BCUT2D eigenvalue weighted by atomic mass is 35.5. The smallest absolute Gasteiger partial charge is 0.208 e. The van der Waals surface area contributed by atoms with Gasteiger partial charge in [0.2, 0.25) is 5.89 Å². The van der Waals surface area contributed by atoms with Crippen LogP contribution in [0.3, 0.4) is 0 Å². The van der Waals surface area contributed by atoms with Gasteiger partial charge in [0.1, 0.15) is 0 Å². The first-order chi connectivity index (χ1) is 7.70. The number of aromatic nitrogens is 1. The molecule has 1 N–H and O–H groups in total. The summed E-state index contributed by atoms with van der Waals surface area (Å²) in [7, 11) is 1.85. The molecule has 3 nitrogen and oxygen atoms in total. The zero-order valence-corrected chi connectivity index (χ0v) is 10.0. The average molecular weight is 237 g/mol. The Hall–Kier alpha value is -1.32. The summed E-state index contributed by atoms with van der Waals surface area (Å²) in [5, 5.41) is 3.67. The van der Waals surface area contributed by atoms with Crippen LogP contribution >= 0.6 is 11.6 Å². The van der Waals surface area contributed by atoms with Crippen LogP contribution in [0.5, 0.6) is 0 Å². The molecule has 0 fully saturated rings. The van der Waals surface area contributed by atoms with E-state index in [9.17, 15) is 0 Å². The lowest BCUT2D eigenvalue weighted by molar-refractivity contribution is 0.491. The first-order valence-corrected chi connectivity index (χ1v) is 5.44. The van der Waals surface area contributed by atoms with Crippen molar-refractivity contribution in [1.29, 1.82) is 0 Å². The van der Waals surface area contributed by atoms with Gasteiger partial charge in [-0.05, 0) is 31.7 Å². The third kappa shape index (κ3) is 2.26. The van der Waals surface area contributed by atoms with Gasteiger partial charge in [0.25, 0.3) is 0 Å². The van der Waals surface area contributed by atoms with Gasteiger partial charge in [0, 0.05) is 5.56 Å². The fourth-order valence-corrected chi connectivity index (χ4v) is 1.82. The Balaban J connectivity index is 2.35. The van der Waals surface area contributed by atoms with Crippen molar-refractivity contribution < 1.29 is 4.42 Å². The number of nitrogens with one attached hydrogen (secondary N) is 1. The molecule has 1 aromatic carbocycles. The molecule has 0 aliphatic rings. The molecule has 0 aliphatic heterocycles. The topological polar surface area (TPSA) is 38.1 Å². The molecular formula is C12H13ClN2O. The van der Waals surface area contributed by atoms with Crippen LogP contribution < -0.4 is 5.32 Å². The number of hydrogen-bond acceptors (Lipinski definition) is 3. The van der Waals surface area contributed by atoms with E-state index < -0.39 is 0 Å². The van der Waals surface area contributed by atoms with Crippen LogP contribution in [-0.4, -0.2) is 12.0 Å². The molecule has 0 bridgehead atoms. The number of rotatable bonds is 3. The van der Waals surface area contributed by atoms with Crippen molar-refractivity contribution in [3.8, 4) is 11.3 Å². The number of hydrogen-bond donors (Lipinski definition) is 1. The van der Waals surface area contributed by atoms with E-state index in [2.05, 4.69) is 10.3 Å². The minimum atomic E-state index is 0.615. The van der Waals surface area contributed by atoms with E-state index in [4.69, 9.17) is 16.0 Å². The summed E-state index contributed by atoms with van der Waals surface area (Å²) >= 11 is 6.15. The fourth-order valence-electron chi connectivity index (χ4n) is 1.49. The second-order valence-corrected chi connectivity index (χ2v) is 4.04. The molecule has 2 rings (SSSR count). The molecule has 0 saturated heterocycles. The van der Waals surface area contributed by atoms with Crippen molar-refractivity contribution >= 4 is 11.6 Å². The number of benzene rings is 1. The quantitative estimate of drug-likeness (QED) is 0.890. The molecule has 16 heavy (non-hydrogen) atoms. The van der Waals surface area contributed by atoms with Gasteiger partial charge in [0.05, 0.1) is 17.8 Å². The van der Waals surface area contributed by atoms with Gasteiger partial charge in [-0.25, -0.2) is 4.98 Å². The lowest BCUT2D eigenvalue weighted by atomic mass is 10.1. The average Bonchev–Trinajstić information content (AvgIpc) is 2.67. The summed E-state index contributed by atoms with van der Waals surface area (Å²) in [6.45, 7) is 2.62. The zero-order valence-electron chi connectivity index (χ0n) is 9.25. The SMILES string of the molecule is CNCc1ncc(-c2ccc(C)cc2Cl)o1. The minimum absolute atomic E-state index is 0.615. The van der Waals surface area contributed by atoms with Crippen LogP contribution in [0.1, 0.15) is 11.5 Å². The van der Waals surface area contributed by atoms with E-state index >= 15 is 0 Å². The van der Waals surface area contributed by atoms with Crippen LogP contribution in [0.15, 0.2) is 28.8 Å². The summed E-state index contributed by atoms with van der Waals surface area (Å²) in [6.07, 6.45) is 1.70. The minimum Gasteiger partial charge on any atom is -0.439 e. The molecule has 0 atom stereocenters. The van der Waals surface area contributed by atoms with Crippen LogP contribution in [-0.2, 0) is 6.54 Å². The maximum atomic E-state index is 6.15. The highest BCUT2D eigenvalue weighted by Crippen LogP contribution is 2.29. The Morgan fingerprint density at radius 1 is 1.44 bits per heavy atom. The standard InChI is InChI=1S/C12H13ClN2O/c1-8-3-4-9(10(13)5-8)11-6-15-12(16-11)7-14-2/h3-6,14H,7H2,1-2H3. The van der Waals surface area contributed by atoms with E-state index in [0.29, 0.717) is 23.2 Å². The highest BCUT2D eigenvalue weighted by Gasteiger charge is 2.09. The molecule has 84 valence electrons. The molecular weight excluding hydrogens is 224 g/mol. The van der Waals surface area contributed by atoms with Crippen LogP contribution in [0.2, 0.25) is 5.02 Å². The highest BCUT2D eigenvalue weighted by molar-refractivity contribution is 6.33. The van der Waals surface area contributed by atoms with Crippen molar-refractivity contribution in [3.05, 3.63) is 40.9 Å². The largest absolute Gasteiger partial charge is 0.439 e. The van der Waals surface area contributed by atoms with Gasteiger partial charge in [-0.3, -0.25) is 0 Å². The molecule has 1 heterocycles. The maximum absolute atomic E-state index is 6.15. The lowest BCUT2D eigenvalue weighted by Crippen LogP contribution is -2.04. The third-order valence-corrected chi connectivity index (χ3v) is 2.58. The number of oxazole rings is 1. The molecule has 4 heteroatoms. The van der Waals surface area contributed by atoms with Gasteiger partial charge in [-0.1, -0.05) is 17.7 Å². The van der Waals surface area contributed by atoms with Crippen molar-refractivity contribution in [1.82, 2.24) is 10.3 Å². The second-order valence-electron chi connectivity index (χ2n) is 3.63. The van der Waals surface area contributed by atoms with E-state index in [1.165, 1.54) is 0 Å². The van der Waals surface area contributed by atoms with Gasteiger partial charge in [-0.15, -0.1) is 0 Å². The van der Waals surface area contributed by atoms with E-state index in [1.807, 2.05) is 32.2 Å². The summed E-state index contributed by atoms with van der Waals surface area (Å²) in [5.74, 6) is 1.37. The maximum Gasteiger partial charge on any atom is 0.208 e. The molecule has 0 unspecified atom stereocenters. The Morgan fingerprint density at radius 2 is 2.25 bits per heavy atom. The molecule has 0 radical (unpaired) electrons. The van der Waals surface area contributed by atoms with Gasteiger partial charge in [0.15, 0.2) is 5.76 Å². The normalized spacial score (nSPS) is 10.7. The lowest BCUT2D eigenvalue weighted by Gasteiger charge is -2.01.